The molecule has 0 unspecified atom stereocenters. The van der Waals surface area contributed by atoms with Gasteiger partial charge in [0.15, 0.2) is 0 Å². The van der Waals surface area contributed by atoms with Gasteiger partial charge in [-0.2, -0.15) is 20.4 Å². The second-order valence-corrected chi connectivity index (χ2v) is 3.81. The number of hydrogen-bond donors (Lipinski definition) is 0. The van der Waals surface area contributed by atoms with E-state index in [1.807, 2.05) is 0 Å². The molecule has 9 heteroatoms. The van der Waals surface area contributed by atoms with Crippen molar-refractivity contribution in [2.24, 2.45) is 20.4 Å². The first-order valence-corrected chi connectivity index (χ1v) is 5.16. The van der Waals surface area contributed by atoms with Crippen molar-refractivity contribution in [1.29, 1.82) is 0 Å². The molecule has 0 amide bonds. The van der Waals surface area contributed by atoms with Crippen molar-refractivity contribution < 1.29 is 17.1 Å². The normalized spacial score (nSPS) is 12.9. The van der Waals surface area contributed by atoms with E-state index < -0.39 is 0 Å². The van der Waals surface area contributed by atoms with E-state index >= 15 is 0 Å². The SMILES string of the molecule is CN(C)/C([S-])=N/N=C/C=N/N=C(\[S-])N(C)C.[Cu+2]. The smallest absolute Gasteiger partial charge is 0.741 e. The average Bonchev–Trinajstić information content (AvgIpc) is 2.21. The molecule has 0 rings (SSSR count). The van der Waals surface area contributed by atoms with Gasteiger partial charge in [-0.05, 0) is 0 Å². The first-order valence-electron chi connectivity index (χ1n) is 4.34. The van der Waals surface area contributed by atoms with Crippen LogP contribution in [0.25, 0.3) is 0 Å². The molecule has 0 aromatic rings. The summed E-state index contributed by atoms with van der Waals surface area (Å²) in [6.45, 7) is 0. The molecule has 17 heavy (non-hydrogen) atoms. The molecule has 0 fully saturated rings. The van der Waals surface area contributed by atoms with E-state index in [1.165, 1.54) is 12.4 Å². The summed E-state index contributed by atoms with van der Waals surface area (Å²) in [7, 11) is 7.17. The maximum Gasteiger partial charge on any atom is 2.00 e. The van der Waals surface area contributed by atoms with Gasteiger partial charge in [0.25, 0.3) is 0 Å². The number of hydrogen-bond acceptors (Lipinski definition) is 6. The minimum absolute atomic E-state index is 0. The fourth-order valence-electron chi connectivity index (χ4n) is 0.404. The summed E-state index contributed by atoms with van der Waals surface area (Å²) in [6, 6.07) is 0. The Hall–Kier alpha value is -0.761. The van der Waals surface area contributed by atoms with E-state index in [0.717, 1.165) is 0 Å². The summed E-state index contributed by atoms with van der Waals surface area (Å²) >= 11 is 9.76. The van der Waals surface area contributed by atoms with Crippen LogP contribution in [0.15, 0.2) is 20.4 Å². The van der Waals surface area contributed by atoms with Crippen molar-refractivity contribution in [2.45, 2.75) is 0 Å². The van der Waals surface area contributed by atoms with Crippen molar-refractivity contribution in [2.75, 3.05) is 28.2 Å². The summed E-state index contributed by atoms with van der Waals surface area (Å²) in [5.41, 5.74) is 0. The molecule has 0 saturated carbocycles. The Balaban J connectivity index is 0. The zero-order valence-electron chi connectivity index (χ0n) is 9.96. The third kappa shape index (κ3) is 10.1. The van der Waals surface area contributed by atoms with Crippen LogP contribution in [0.1, 0.15) is 0 Å². The fraction of sp³-hybridized carbons (Fsp3) is 0.500. The van der Waals surface area contributed by atoms with Crippen LogP contribution in [0.2, 0.25) is 0 Å². The van der Waals surface area contributed by atoms with Crippen molar-refractivity contribution in [1.82, 2.24) is 9.80 Å². The summed E-state index contributed by atoms with van der Waals surface area (Å²) in [6.07, 6.45) is 2.77. The van der Waals surface area contributed by atoms with Crippen LogP contribution in [-0.2, 0) is 42.3 Å². The first-order chi connectivity index (χ1) is 7.45. The molecule has 0 N–H and O–H groups in total. The van der Waals surface area contributed by atoms with Crippen molar-refractivity contribution in [3.8, 4) is 0 Å². The molecule has 0 saturated heterocycles. The van der Waals surface area contributed by atoms with Gasteiger partial charge >= 0.3 is 17.1 Å². The van der Waals surface area contributed by atoms with Crippen LogP contribution in [-0.4, -0.2) is 60.8 Å². The Morgan fingerprint density at radius 2 is 1.12 bits per heavy atom. The van der Waals surface area contributed by atoms with Crippen molar-refractivity contribution in [3.63, 3.8) is 0 Å². The molecule has 0 aromatic heterocycles. The predicted octanol–water partition coefficient (Wildman–Crippen LogP) is -0.115. The number of rotatable bonds is 3. The van der Waals surface area contributed by atoms with Crippen LogP contribution in [0, 0.1) is 0 Å². The van der Waals surface area contributed by atoms with Crippen LogP contribution >= 0.6 is 0 Å². The maximum absolute atomic E-state index is 4.88. The van der Waals surface area contributed by atoms with E-state index in [0.29, 0.717) is 10.3 Å². The fourth-order valence-corrected chi connectivity index (χ4v) is 0.498. The van der Waals surface area contributed by atoms with E-state index in [1.54, 1.807) is 38.0 Å². The van der Waals surface area contributed by atoms with Gasteiger partial charge in [-0.15, -0.1) is 0 Å². The Bertz CT molecular complexity index is 292. The summed E-state index contributed by atoms with van der Waals surface area (Å²) in [5.74, 6) is 0. The molecule has 0 spiro atoms. The molecule has 0 aliphatic heterocycles. The van der Waals surface area contributed by atoms with Crippen LogP contribution < -0.4 is 0 Å². The zero-order valence-corrected chi connectivity index (χ0v) is 12.5. The van der Waals surface area contributed by atoms with Gasteiger partial charge in [0.1, 0.15) is 0 Å². The van der Waals surface area contributed by atoms with Gasteiger partial charge < -0.3 is 35.1 Å². The van der Waals surface area contributed by atoms with Gasteiger partial charge in [0.05, 0.1) is 12.4 Å². The van der Waals surface area contributed by atoms with E-state index in [9.17, 15) is 0 Å². The molecule has 0 aromatic carbocycles. The van der Waals surface area contributed by atoms with Crippen molar-refractivity contribution >= 4 is 48.0 Å². The van der Waals surface area contributed by atoms with Gasteiger partial charge in [0, 0.05) is 38.5 Å². The molecule has 0 bridgehead atoms. The molecule has 6 nitrogen and oxygen atoms in total. The second kappa shape index (κ2) is 10.4. The zero-order chi connectivity index (χ0) is 12.6. The summed E-state index contributed by atoms with van der Waals surface area (Å²) < 4.78 is 0. The van der Waals surface area contributed by atoms with Crippen LogP contribution in [0.4, 0.5) is 0 Å². The maximum atomic E-state index is 4.88. The Morgan fingerprint density at radius 1 is 0.824 bits per heavy atom. The average molecular weight is 322 g/mol. The van der Waals surface area contributed by atoms with Crippen LogP contribution in [0.5, 0.6) is 0 Å². The van der Waals surface area contributed by atoms with E-state index in [4.69, 9.17) is 25.3 Å². The van der Waals surface area contributed by atoms with Gasteiger partial charge in [-0.25, -0.2) is 0 Å². The number of amidine groups is 2. The molecule has 0 aliphatic rings. The van der Waals surface area contributed by atoms with Gasteiger partial charge in [-0.3, -0.25) is 0 Å². The molecule has 1 radical (unpaired) electrons. The second-order valence-electron chi connectivity index (χ2n) is 3.08. The standard InChI is InChI=1S/C8H16N6S2.Cu/c1-13(2)7(15)11-9-5-6-10-12-8(16)14(3)4;/h5-6H,1-4H3,(H,11,15)(H,12,16);/q;+2/p-2/b9-5+,10-6+;. The Morgan fingerprint density at radius 3 is 1.35 bits per heavy atom. The third-order valence-corrected chi connectivity index (χ3v) is 2.15. The first kappa shape index (κ1) is 18.6. The Kier molecular flexibility index (Phi) is 11.4. The minimum Gasteiger partial charge on any atom is -0.741 e. The van der Waals surface area contributed by atoms with E-state index in [2.05, 4.69) is 20.4 Å². The summed E-state index contributed by atoms with van der Waals surface area (Å²) in [4.78, 5) is 3.35. The largest absolute Gasteiger partial charge is 2.00 e. The molecule has 99 valence electrons. The monoisotopic (exact) mass is 321 g/mol. The van der Waals surface area contributed by atoms with Gasteiger partial charge in [-0.1, -0.05) is 0 Å². The molecular formula is C8H14CuN6S2. The minimum atomic E-state index is 0. The van der Waals surface area contributed by atoms with Crippen LogP contribution in [0.3, 0.4) is 0 Å². The van der Waals surface area contributed by atoms with E-state index in [-0.39, 0.29) is 17.1 Å². The van der Waals surface area contributed by atoms with Crippen molar-refractivity contribution in [3.05, 3.63) is 0 Å². The molecule has 0 aliphatic carbocycles. The quantitative estimate of drug-likeness (QED) is 0.239. The summed E-state index contributed by atoms with van der Waals surface area (Å²) in [5, 5.41) is 15.6. The van der Waals surface area contributed by atoms with Gasteiger partial charge in [0.2, 0.25) is 0 Å². The third-order valence-electron chi connectivity index (χ3n) is 1.25. The molecule has 0 atom stereocenters. The molecule has 0 heterocycles. The predicted molar refractivity (Wildman–Crippen MR) is 74.0 cm³/mol. The number of nitrogens with zero attached hydrogens (tertiary/aromatic N) is 6. The molecular weight excluding hydrogens is 308 g/mol. The topological polar surface area (TPSA) is 55.9 Å². The Labute approximate surface area is 123 Å².